The second kappa shape index (κ2) is 7.65. The van der Waals surface area contributed by atoms with Crippen LogP contribution in [-0.2, 0) is 4.74 Å². The first-order valence-corrected chi connectivity index (χ1v) is 9.06. The molecule has 1 aliphatic heterocycles. The summed E-state index contributed by atoms with van der Waals surface area (Å²) in [6.45, 7) is 4.18. The number of thiazole rings is 1. The summed E-state index contributed by atoms with van der Waals surface area (Å²) < 4.78 is 42.0. The van der Waals surface area contributed by atoms with Gasteiger partial charge in [-0.3, -0.25) is 4.57 Å². The van der Waals surface area contributed by atoms with Crippen molar-refractivity contribution in [3.8, 4) is 17.2 Å². The number of fused-ring (bicyclic) bond motifs is 1. The van der Waals surface area contributed by atoms with Crippen LogP contribution in [0.1, 0.15) is 18.2 Å². The van der Waals surface area contributed by atoms with E-state index in [-0.39, 0.29) is 17.5 Å². The Bertz CT molecular complexity index is 910. The van der Waals surface area contributed by atoms with Gasteiger partial charge in [-0.15, -0.1) is 20.1 Å². The quantitative estimate of drug-likeness (QED) is 0.838. The molecule has 1 atom stereocenters. The Morgan fingerprint density at radius 1 is 1.41 bits per heavy atom. The van der Waals surface area contributed by atoms with E-state index >= 15 is 0 Å². The lowest BCUT2D eigenvalue weighted by Crippen LogP contribution is -2.36. The van der Waals surface area contributed by atoms with E-state index in [1.807, 2.05) is 13.8 Å². The van der Waals surface area contributed by atoms with Crippen LogP contribution in [0.3, 0.4) is 0 Å². The third-order valence-electron chi connectivity index (χ3n) is 3.82. The monoisotopic (exact) mass is 399 g/mol. The van der Waals surface area contributed by atoms with Crippen LogP contribution in [0.15, 0.2) is 29.4 Å². The summed E-state index contributed by atoms with van der Waals surface area (Å²) in [5, 5.41) is 2.78. The van der Waals surface area contributed by atoms with E-state index in [1.54, 1.807) is 23.9 Å². The molecule has 2 heterocycles. The number of nitrogens with zero attached hydrogens (tertiary/aromatic N) is 2. The molecule has 1 N–H and O–H groups in total. The number of amides is 2. The summed E-state index contributed by atoms with van der Waals surface area (Å²) >= 11 is 1.30. The summed E-state index contributed by atoms with van der Waals surface area (Å²) in [5.74, 6) is -0.117. The van der Waals surface area contributed by atoms with Gasteiger partial charge in [-0.2, -0.15) is 4.99 Å². The second-order valence-electron chi connectivity index (χ2n) is 5.91. The van der Waals surface area contributed by atoms with Gasteiger partial charge in [-0.25, -0.2) is 4.79 Å². The summed E-state index contributed by atoms with van der Waals surface area (Å²) in [7, 11) is 1.56. The van der Waals surface area contributed by atoms with Crippen LogP contribution in [0.2, 0.25) is 0 Å². The van der Waals surface area contributed by atoms with Gasteiger partial charge in [0, 0.05) is 24.3 Å². The van der Waals surface area contributed by atoms with Gasteiger partial charge in [0.1, 0.15) is 0 Å². The molecule has 1 aromatic carbocycles. The van der Waals surface area contributed by atoms with E-state index in [4.69, 9.17) is 4.74 Å². The molecule has 1 aromatic heterocycles. The fourth-order valence-electron chi connectivity index (χ4n) is 2.56. The highest BCUT2D eigenvalue weighted by Gasteiger charge is 2.43. The Morgan fingerprint density at radius 2 is 2.15 bits per heavy atom. The van der Waals surface area contributed by atoms with Crippen LogP contribution in [-0.4, -0.2) is 36.7 Å². The molecular weight excluding hydrogens is 380 g/mol. The predicted octanol–water partition coefficient (Wildman–Crippen LogP) is 3.20. The van der Waals surface area contributed by atoms with Gasteiger partial charge >= 0.3 is 12.3 Å². The number of ether oxygens (including phenoxy) is 3. The topological polar surface area (TPSA) is 74.1 Å². The van der Waals surface area contributed by atoms with Crippen molar-refractivity contribution in [3.63, 3.8) is 0 Å². The molecule has 0 saturated carbocycles. The molecule has 0 fully saturated rings. The summed E-state index contributed by atoms with van der Waals surface area (Å²) in [6.07, 6.45) is -1.21. The van der Waals surface area contributed by atoms with Crippen LogP contribution in [0.25, 0.3) is 5.69 Å². The zero-order chi connectivity index (χ0) is 19.6. The van der Waals surface area contributed by atoms with E-state index in [0.29, 0.717) is 23.5 Å². The molecule has 0 spiro atoms. The van der Waals surface area contributed by atoms with Crippen LogP contribution in [0.4, 0.5) is 13.6 Å². The minimum Gasteiger partial charge on any atom is -0.395 e. The van der Waals surface area contributed by atoms with Crippen molar-refractivity contribution in [2.24, 2.45) is 4.99 Å². The fraction of sp³-hybridized carbons (Fsp3) is 0.412. The molecule has 10 heteroatoms. The number of alkyl halides is 2. The SMILES string of the molecule is CCC(COC)NC(=O)/N=c1\sc(C)cn1-c1ccc2c(c1)OC(F)(F)O2. The number of carbonyl (C=O) groups is 1. The highest BCUT2D eigenvalue weighted by atomic mass is 32.1. The van der Waals surface area contributed by atoms with Gasteiger partial charge in [-0.05, 0) is 25.5 Å². The molecule has 0 radical (unpaired) electrons. The van der Waals surface area contributed by atoms with Crippen LogP contribution < -0.4 is 19.6 Å². The number of benzene rings is 1. The van der Waals surface area contributed by atoms with Crippen molar-refractivity contribution < 1.29 is 27.8 Å². The average Bonchev–Trinajstić information content (AvgIpc) is 3.10. The number of urea groups is 1. The van der Waals surface area contributed by atoms with E-state index in [9.17, 15) is 13.6 Å². The molecule has 146 valence electrons. The molecule has 0 bridgehead atoms. The first-order valence-electron chi connectivity index (χ1n) is 8.25. The highest BCUT2D eigenvalue weighted by Crippen LogP contribution is 2.41. The van der Waals surface area contributed by atoms with Crippen molar-refractivity contribution in [2.75, 3.05) is 13.7 Å². The van der Waals surface area contributed by atoms with Crippen LogP contribution in [0, 0.1) is 6.92 Å². The van der Waals surface area contributed by atoms with Crippen LogP contribution >= 0.6 is 11.3 Å². The fourth-order valence-corrected chi connectivity index (χ4v) is 3.39. The van der Waals surface area contributed by atoms with Gasteiger partial charge in [0.25, 0.3) is 0 Å². The van der Waals surface area contributed by atoms with Crippen molar-refractivity contribution in [2.45, 2.75) is 32.6 Å². The number of hydrogen-bond acceptors (Lipinski definition) is 5. The van der Waals surface area contributed by atoms with Crippen molar-refractivity contribution in [1.29, 1.82) is 0 Å². The Balaban J connectivity index is 1.90. The molecule has 2 aromatic rings. The average molecular weight is 399 g/mol. The molecule has 27 heavy (non-hydrogen) atoms. The Morgan fingerprint density at radius 3 is 2.85 bits per heavy atom. The molecular formula is C17H19F2N3O4S. The number of aromatic nitrogens is 1. The minimum atomic E-state index is -3.68. The third-order valence-corrected chi connectivity index (χ3v) is 4.72. The van der Waals surface area contributed by atoms with Gasteiger partial charge in [0.2, 0.25) is 0 Å². The van der Waals surface area contributed by atoms with Gasteiger partial charge in [0.15, 0.2) is 16.3 Å². The number of rotatable bonds is 5. The largest absolute Gasteiger partial charge is 0.586 e. The number of hydrogen-bond donors (Lipinski definition) is 1. The molecule has 0 aliphatic carbocycles. The van der Waals surface area contributed by atoms with Crippen molar-refractivity contribution in [3.05, 3.63) is 34.1 Å². The lowest BCUT2D eigenvalue weighted by Gasteiger charge is -2.13. The smallest absolute Gasteiger partial charge is 0.395 e. The zero-order valence-electron chi connectivity index (χ0n) is 15.0. The van der Waals surface area contributed by atoms with E-state index in [2.05, 4.69) is 19.8 Å². The van der Waals surface area contributed by atoms with Gasteiger partial charge in [-0.1, -0.05) is 6.92 Å². The normalized spacial score (nSPS) is 16.4. The highest BCUT2D eigenvalue weighted by molar-refractivity contribution is 7.09. The molecule has 0 saturated heterocycles. The minimum absolute atomic E-state index is 0.0436. The maximum atomic E-state index is 13.2. The lowest BCUT2D eigenvalue weighted by molar-refractivity contribution is -0.286. The molecule has 1 unspecified atom stereocenters. The van der Waals surface area contributed by atoms with Gasteiger partial charge < -0.3 is 19.5 Å². The summed E-state index contributed by atoms with van der Waals surface area (Å²) in [6, 6.07) is 3.75. The number of carbonyl (C=O) groups excluding carboxylic acids is 1. The summed E-state index contributed by atoms with van der Waals surface area (Å²) in [5.41, 5.74) is 0.523. The Hall–Kier alpha value is -2.46. The summed E-state index contributed by atoms with van der Waals surface area (Å²) in [4.78, 5) is 17.6. The van der Waals surface area contributed by atoms with Crippen LogP contribution in [0.5, 0.6) is 11.5 Å². The number of nitrogens with one attached hydrogen (secondary N) is 1. The van der Waals surface area contributed by atoms with Crippen molar-refractivity contribution >= 4 is 17.4 Å². The maximum absolute atomic E-state index is 13.2. The number of halogens is 2. The zero-order valence-corrected chi connectivity index (χ0v) is 15.8. The molecule has 1 aliphatic rings. The standard InChI is InChI=1S/C17H19F2N3O4S/c1-4-11(9-24-3)20-15(23)21-16-22(8-10(2)27-16)12-5-6-13-14(7-12)26-17(18,19)25-13/h5-8,11H,4,9H2,1-3H3,(H,20,23)/b21-16-. The predicted molar refractivity (Wildman–Crippen MR) is 94.6 cm³/mol. The molecule has 2 amide bonds. The number of methoxy groups -OCH3 is 1. The van der Waals surface area contributed by atoms with E-state index in [1.165, 1.54) is 23.5 Å². The third kappa shape index (κ3) is 4.45. The maximum Gasteiger partial charge on any atom is 0.586 e. The Kier molecular flexibility index (Phi) is 5.47. The molecule has 7 nitrogen and oxygen atoms in total. The first kappa shape index (κ1) is 19.3. The molecule has 3 rings (SSSR count). The first-order chi connectivity index (χ1) is 12.8. The van der Waals surface area contributed by atoms with Gasteiger partial charge in [0.05, 0.1) is 18.3 Å². The van der Waals surface area contributed by atoms with E-state index < -0.39 is 12.3 Å². The second-order valence-corrected chi connectivity index (χ2v) is 7.13. The Labute approximate surface area is 158 Å². The van der Waals surface area contributed by atoms with Crippen molar-refractivity contribution in [1.82, 2.24) is 9.88 Å². The van der Waals surface area contributed by atoms with E-state index in [0.717, 1.165) is 4.88 Å². The lowest BCUT2D eigenvalue weighted by atomic mass is 10.2. The number of aryl methyl sites for hydroxylation is 1.